The summed E-state index contributed by atoms with van der Waals surface area (Å²) in [5.41, 5.74) is 3.48. The summed E-state index contributed by atoms with van der Waals surface area (Å²) in [6.07, 6.45) is 0. The molecule has 1 atom stereocenters. The third-order valence-corrected chi connectivity index (χ3v) is 4.33. The molecule has 0 aromatic heterocycles. The number of methoxy groups -OCH3 is 3. The van der Waals surface area contributed by atoms with Crippen molar-refractivity contribution in [3.63, 3.8) is 0 Å². The molecule has 2 aromatic rings. The Morgan fingerprint density at radius 3 is 2.33 bits per heavy atom. The SMILES string of the molecule is COCc1cc(CN(C)[C@@H](C)c2ccccc2OC)ccc1OC. The number of para-hydroxylation sites is 1. The van der Waals surface area contributed by atoms with E-state index in [2.05, 4.69) is 37.1 Å². The van der Waals surface area contributed by atoms with Crippen LogP contribution in [0.5, 0.6) is 11.5 Å². The van der Waals surface area contributed by atoms with Gasteiger partial charge < -0.3 is 14.2 Å². The smallest absolute Gasteiger partial charge is 0.124 e. The molecule has 0 aliphatic rings. The third kappa shape index (κ3) is 4.28. The molecule has 0 heterocycles. The van der Waals surface area contributed by atoms with Gasteiger partial charge in [0.15, 0.2) is 0 Å². The van der Waals surface area contributed by atoms with Crippen LogP contribution in [-0.2, 0) is 17.9 Å². The number of ether oxygens (including phenoxy) is 3. The average molecular weight is 329 g/mol. The minimum absolute atomic E-state index is 0.245. The Hall–Kier alpha value is -2.04. The van der Waals surface area contributed by atoms with Crippen molar-refractivity contribution < 1.29 is 14.2 Å². The molecule has 130 valence electrons. The molecule has 0 N–H and O–H groups in total. The fourth-order valence-electron chi connectivity index (χ4n) is 2.87. The van der Waals surface area contributed by atoms with E-state index in [9.17, 15) is 0 Å². The van der Waals surface area contributed by atoms with Crippen LogP contribution in [0.4, 0.5) is 0 Å². The van der Waals surface area contributed by atoms with E-state index in [4.69, 9.17) is 14.2 Å². The molecule has 0 unspecified atom stereocenters. The molecule has 24 heavy (non-hydrogen) atoms. The monoisotopic (exact) mass is 329 g/mol. The Morgan fingerprint density at radius 1 is 0.958 bits per heavy atom. The maximum Gasteiger partial charge on any atom is 0.124 e. The fourth-order valence-corrected chi connectivity index (χ4v) is 2.87. The van der Waals surface area contributed by atoms with Crippen LogP contribution in [0, 0.1) is 0 Å². The molecular formula is C20H27NO3. The van der Waals surface area contributed by atoms with Crippen LogP contribution in [0.3, 0.4) is 0 Å². The van der Waals surface area contributed by atoms with Crippen LogP contribution in [0.2, 0.25) is 0 Å². The molecule has 0 aliphatic heterocycles. The predicted molar refractivity (Wildman–Crippen MR) is 96.6 cm³/mol. The van der Waals surface area contributed by atoms with Crippen LogP contribution in [0.15, 0.2) is 42.5 Å². The van der Waals surface area contributed by atoms with Gasteiger partial charge in [-0.2, -0.15) is 0 Å². The molecule has 0 saturated carbocycles. The second-order valence-corrected chi connectivity index (χ2v) is 5.91. The summed E-state index contributed by atoms with van der Waals surface area (Å²) < 4.78 is 16.2. The van der Waals surface area contributed by atoms with Gasteiger partial charge in [0.25, 0.3) is 0 Å². The van der Waals surface area contributed by atoms with Crippen molar-refractivity contribution in [3.8, 4) is 11.5 Å². The highest BCUT2D eigenvalue weighted by atomic mass is 16.5. The van der Waals surface area contributed by atoms with Crippen molar-refractivity contribution in [2.75, 3.05) is 28.4 Å². The lowest BCUT2D eigenvalue weighted by Gasteiger charge is -2.26. The van der Waals surface area contributed by atoms with E-state index in [0.29, 0.717) is 6.61 Å². The number of hydrogen-bond donors (Lipinski definition) is 0. The Kier molecular flexibility index (Phi) is 6.64. The quantitative estimate of drug-likeness (QED) is 0.731. The zero-order valence-corrected chi connectivity index (χ0v) is 15.2. The third-order valence-electron chi connectivity index (χ3n) is 4.33. The van der Waals surface area contributed by atoms with Gasteiger partial charge in [-0.1, -0.05) is 24.3 Å². The Morgan fingerprint density at radius 2 is 1.67 bits per heavy atom. The van der Waals surface area contributed by atoms with Gasteiger partial charge in [0.1, 0.15) is 11.5 Å². The molecule has 0 radical (unpaired) electrons. The second kappa shape index (κ2) is 8.71. The van der Waals surface area contributed by atoms with E-state index in [-0.39, 0.29) is 6.04 Å². The molecule has 0 saturated heterocycles. The summed E-state index contributed by atoms with van der Waals surface area (Å²) in [7, 11) is 7.22. The van der Waals surface area contributed by atoms with Gasteiger partial charge in [0.2, 0.25) is 0 Å². The van der Waals surface area contributed by atoms with Gasteiger partial charge in [-0.15, -0.1) is 0 Å². The second-order valence-electron chi connectivity index (χ2n) is 5.91. The molecule has 0 fully saturated rings. The number of nitrogens with zero attached hydrogens (tertiary/aromatic N) is 1. The summed E-state index contributed by atoms with van der Waals surface area (Å²) in [6.45, 7) is 3.57. The van der Waals surface area contributed by atoms with Crippen molar-refractivity contribution in [1.29, 1.82) is 0 Å². The molecular weight excluding hydrogens is 302 g/mol. The zero-order valence-electron chi connectivity index (χ0n) is 15.2. The Labute approximate surface area is 145 Å². The van der Waals surface area contributed by atoms with Crippen LogP contribution >= 0.6 is 0 Å². The van der Waals surface area contributed by atoms with Crippen molar-refractivity contribution in [2.45, 2.75) is 26.1 Å². The van der Waals surface area contributed by atoms with E-state index in [1.807, 2.05) is 24.3 Å². The highest BCUT2D eigenvalue weighted by Crippen LogP contribution is 2.29. The molecule has 0 spiro atoms. The van der Waals surface area contributed by atoms with E-state index in [0.717, 1.165) is 23.6 Å². The maximum absolute atomic E-state index is 5.49. The minimum Gasteiger partial charge on any atom is -0.496 e. The molecule has 4 heteroatoms. The van der Waals surface area contributed by atoms with Crippen LogP contribution < -0.4 is 9.47 Å². The number of rotatable bonds is 8. The van der Waals surface area contributed by atoms with Crippen molar-refractivity contribution in [2.24, 2.45) is 0 Å². The van der Waals surface area contributed by atoms with E-state index < -0.39 is 0 Å². The summed E-state index contributed by atoms with van der Waals surface area (Å²) in [4.78, 5) is 2.30. The summed E-state index contributed by atoms with van der Waals surface area (Å²) in [6, 6.07) is 14.7. The highest BCUT2D eigenvalue weighted by molar-refractivity contribution is 5.38. The standard InChI is InChI=1S/C20H27NO3/c1-15(18-8-6-7-9-20(18)24-5)21(2)13-16-10-11-19(23-4)17(12-16)14-22-3/h6-12,15H,13-14H2,1-5H3/t15-/m0/s1. The maximum atomic E-state index is 5.49. The Balaban J connectivity index is 2.16. The molecule has 0 amide bonds. The predicted octanol–water partition coefficient (Wildman–Crippen LogP) is 4.04. The minimum atomic E-state index is 0.245. The lowest BCUT2D eigenvalue weighted by atomic mass is 10.0. The summed E-state index contributed by atoms with van der Waals surface area (Å²) >= 11 is 0. The lowest BCUT2D eigenvalue weighted by molar-refractivity contribution is 0.181. The molecule has 0 bridgehead atoms. The lowest BCUT2D eigenvalue weighted by Crippen LogP contribution is -2.22. The largest absolute Gasteiger partial charge is 0.496 e. The first-order chi connectivity index (χ1) is 11.6. The molecule has 0 aliphatic carbocycles. The van der Waals surface area contributed by atoms with Gasteiger partial charge in [-0.05, 0) is 37.7 Å². The van der Waals surface area contributed by atoms with Crippen molar-refractivity contribution >= 4 is 0 Å². The number of benzene rings is 2. The zero-order chi connectivity index (χ0) is 17.5. The molecule has 2 rings (SSSR count). The van der Waals surface area contributed by atoms with Crippen LogP contribution in [0.1, 0.15) is 29.7 Å². The Bertz CT molecular complexity index is 657. The first-order valence-corrected chi connectivity index (χ1v) is 8.08. The van der Waals surface area contributed by atoms with Crippen molar-refractivity contribution in [3.05, 3.63) is 59.2 Å². The van der Waals surface area contributed by atoms with Crippen LogP contribution in [-0.4, -0.2) is 33.3 Å². The fraction of sp³-hybridized carbons (Fsp3) is 0.400. The highest BCUT2D eigenvalue weighted by Gasteiger charge is 2.16. The average Bonchev–Trinajstić information content (AvgIpc) is 2.61. The van der Waals surface area contributed by atoms with Crippen LogP contribution in [0.25, 0.3) is 0 Å². The molecule has 2 aromatic carbocycles. The van der Waals surface area contributed by atoms with Gasteiger partial charge in [0, 0.05) is 30.8 Å². The van der Waals surface area contributed by atoms with E-state index in [1.165, 1.54) is 11.1 Å². The summed E-state index contributed by atoms with van der Waals surface area (Å²) in [5, 5.41) is 0. The van der Waals surface area contributed by atoms with E-state index >= 15 is 0 Å². The van der Waals surface area contributed by atoms with E-state index in [1.54, 1.807) is 21.3 Å². The molecule has 4 nitrogen and oxygen atoms in total. The van der Waals surface area contributed by atoms with Gasteiger partial charge in [-0.3, -0.25) is 4.90 Å². The first-order valence-electron chi connectivity index (χ1n) is 8.08. The first kappa shape index (κ1) is 18.3. The van der Waals surface area contributed by atoms with Gasteiger partial charge in [-0.25, -0.2) is 0 Å². The van der Waals surface area contributed by atoms with Crippen molar-refractivity contribution in [1.82, 2.24) is 4.90 Å². The topological polar surface area (TPSA) is 30.9 Å². The normalized spacial score (nSPS) is 12.2. The van der Waals surface area contributed by atoms with Gasteiger partial charge >= 0.3 is 0 Å². The number of hydrogen-bond acceptors (Lipinski definition) is 4. The van der Waals surface area contributed by atoms with Gasteiger partial charge in [0.05, 0.1) is 20.8 Å². The summed E-state index contributed by atoms with van der Waals surface area (Å²) in [5.74, 6) is 1.78.